The number of hydrogen-bond donors (Lipinski definition) is 2. The number of H-pyrrole nitrogens is 1. The Balaban J connectivity index is 1.44. The molecule has 0 aliphatic heterocycles. The zero-order valence-electron chi connectivity index (χ0n) is 19.1. The molecule has 1 aromatic carbocycles. The van der Waals surface area contributed by atoms with Crippen molar-refractivity contribution in [2.45, 2.75) is 38.1 Å². The van der Waals surface area contributed by atoms with Crippen LogP contribution in [0.4, 0.5) is 0 Å². The van der Waals surface area contributed by atoms with Gasteiger partial charge in [-0.25, -0.2) is 0 Å². The van der Waals surface area contributed by atoms with Crippen molar-refractivity contribution >= 4 is 5.91 Å². The van der Waals surface area contributed by atoms with Crippen LogP contribution in [0.3, 0.4) is 0 Å². The molecule has 1 aliphatic rings. The number of aromatic amines is 1. The van der Waals surface area contributed by atoms with E-state index in [-0.39, 0.29) is 11.8 Å². The predicted octanol–water partition coefficient (Wildman–Crippen LogP) is 2.87. The van der Waals surface area contributed by atoms with Crippen molar-refractivity contribution in [1.82, 2.24) is 25.3 Å². The number of amides is 1. The summed E-state index contributed by atoms with van der Waals surface area (Å²) in [6.45, 7) is 4.00. The van der Waals surface area contributed by atoms with Gasteiger partial charge in [-0.2, -0.15) is 5.10 Å². The van der Waals surface area contributed by atoms with Crippen LogP contribution >= 0.6 is 0 Å². The maximum atomic E-state index is 12.9. The fourth-order valence-corrected chi connectivity index (χ4v) is 4.33. The van der Waals surface area contributed by atoms with Gasteiger partial charge in [-0.15, -0.1) is 0 Å². The number of rotatable bonds is 11. The van der Waals surface area contributed by atoms with Crippen LogP contribution < -0.4 is 10.1 Å². The summed E-state index contributed by atoms with van der Waals surface area (Å²) in [5.41, 5.74) is 2.47. The lowest BCUT2D eigenvalue weighted by Crippen LogP contribution is -2.37. The Kier molecular flexibility index (Phi) is 8.91. The van der Waals surface area contributed by atoms with Gasteiger partial charge < -0.3 is 19.9 Å². The number of carbonyl (C=O) groups excluding carboxylic acids is 1. The molecule has 1 heterocycles. The maximum absolute atomic E-state index is 12.9. The number of benzene rings is 1. The molecule has 2 N–H and O–H groups in total. The van der Waals surface area contributed by atoms with Crippen LogP contribution in [-0.2, 0) is 11.3 Å². The van der Waals surface area contributed by atoms with Crippen LogP contribution in [0.1, 0.15) is 42.9 Å². The molecule has 0 atom stereocenters. The highest BCUT2D eigenvalue weighted by atomic mass is 16.5. The molecule has 1 saturated carbocycles. The minimum absolute atomic E-state index is 0.110. The molecule has 0 radical (unpaired) electrons. The van der Waals surface area contributed by atoms with E-state index in [2.05, 4.69) is 27.5 Å². The van der Waals surface area contributed by atoms with Crippen LogP contribution in [0.5, 0.6) is 5.75 Å². The van der Waals surface area contributed by atoms with Crippen molar-refractivity contribution < 1.29 is 9.53 Å². The third-order valence-electron chi connectivity index (χ3n) is 6.21. The first kappa shape index (κ1) is 23.3. The number of hydrogen-bond acceptors (Lipinski definition) is 5. The summed E-state index contributed by atoms with van der Waals surface area (Å²) in [4.78, 5) is 17.0. The van der Waals surface area contributed by atoms with Crippen molar-refractivity contribution in [2.24, 2.45) is 5.92 Å². The first-order valence-corrected chi connectivity index (χ1v) is 11.4. The molecule has 3 rings (SSSR count). The summed E-state index contributed by atoms with van der Waals surface area (Å²) in [5.74, 6) is 1.63. The molecule has 170 valence electrons. The summed E-state index contributed by atoms with van der Waals surface area (Å²) in [6, 6.07) is 9.74. The first-order chi connectivity index (χ1) is 15.1. The Bertz CT molecular complexity index is 786. The molecule has 0 spiro atoms. The van der Waals surface area contributed by atoms with Gasteiger partial charge in [0.15, 0.2) is 0 Å². The minimum atomic E-state index is 0.110. The Morgan fingerprint density at radius 2 is 1.90 bits per heavy atom. The second-order valence-corrected chi connectivity index (χ2v) is 8.61. The van der Waals surface area contributed by atoms with E-state index in [1.54, 1.807) is 0 Å². The molecule has 1 aliphatic carbocycles. The standard InChI is InChI=1S/C24H37N5O2/c1-25-13-14-28(2)18-21-17-26-27-23(21)19-9-11-20(12-10-19)24(30)29(3)15-16-31-22-7-5-4-6-8-22/h4-8,17,19-20,25H,9-16,18H2,1-3H3,(H,26,27)/t19-,20+. The van der Waals surface area contributed by atoms with Gasteiger partial charge in [0.1, 0.15) is 12.4 Å². The van der Waals surface area contributed by atoms with Crippen molar-refractivity contribution in [3.8, 4) is 5.75 Å². The van der Waals surface area contributed by atoms with Crippen molar-refractivity contribution in [3.05, 3.63) is 47.8 Å². The van der Waals surface area contributed by atoms with Gasteiger partial charge in [0.25, 0.3) is 0 Å². The first-order valence-electron chi connectivity index (χ1n) is 11.4. The van der Waals surface area contributed by atoms with Gasteiger partial charge in [0, 0.05) is 50.3 Å². The Labute approximate surface area is 186 Å². The summed E-state index contributed by atoms with van der Waals surface area (Å²) in [5, 5.41) is 10.8. The molecule has 1 fully saturated rings. The highest BCUT2D eigenvalue weighted by molar-refractivity contribution is 5.78. The van der Waals surface area contributed by atoms with E-state index in [4.69, 9.17) is 4.74 Å². The van der Waals surface area contributed by atoms with Gasteiger partial charge in [-0.1, -0.05) is 18.2 Å². The highest BCUT2D eigenvalue weighted by Crippen LogP contribution is 2.37. The second-order valence-electron chi connectivity index (χ2n) is 8.61. The number of para-hydroxylation sites is 1. The lowest BCUT2D eigenvalue weighted by atomic mass is 9.79. The lowest BCUT2D eigenvalue weighted by molar-refractivity contribution is -0.135. The van der Waals surface area contributed by atoms with E-state index in [0.717, 1.165) is 51.1 Å². The molecule has 7 heteroatoms. The quantitative estimate of drug-likeness (QED) is 0.577. The molecule has 0 bridgehead atoms. The average molecular weight is 428 g/mol. The third kappa shape index (κ3) is 6.80. The summed E-state index contributed by atoms with van der Waals surface area (Å²) in [6.07, 6.45) is 5.92. The second kappa shape index (κ2) is 11.9. The third-order valence-corrected chi connectivity index (χ3v) is 6.21. The fraction of sp³-hybridized carbons (Fsp3) is 0.583. The van der Waals surface area contributed by atoms with Crippen LogP contribution in [0.25, 0.3) is 0 Å². The SMILES string of the molecule is CNCCN(C)Cc1c[nH]nc1[C@H]1CC[C@@H](C(=O)N(C)CCOc2ccccc2)CC1. The molecule has 0 saturated heterocycles. The zero-order chi connectivity index (χ0) is 22.1. The van der Waals surface area contributed by atoms with Crippen molar-refractivity contribution in [2.75, 3.05) is 47.4 Å². The van der Waals surface area contributed by atoms with E-state index < -0.39 is 0 Å². The number of nitrogens with one attached hydrogen (secondary N) is 2. The number of aromatic nitrogens is 2. The van der Waals surface area contributed by atoms with Crippen LogP contribution in [0.2, 0.25) is 0 Å². The van der Waals surface area contributed by atoms with Crippen LogP contribution in [0, 0.1) is 5.92 Å². The molecule has 2 aromatic rings. The smallest absolute Gasteiger partial charge is 0.225 e. The summed E-state index contributed by atoms with van der Waals surface area (Å²) < 4.78 is 5.74. The summed E-state index contributed by atoms with van der Waals surface area (Å²) in [7, 11) is 6.00. The topological polar surface area (TPSA) is 73.5 Å². The van der Waals surface area contributed by atoms with Gasteiger partial charge in [0.2, 0.25) is 5.91 Å². The van der Waals surface area contributed by atoms with Gasteiger partial charge in [0.05, 0.1) is 12.2 Å². The molecule has 1 aromatic heterocycles. The number of nitrogens with zero attached hydrogens (tertiary/aromatic N) is 3. The Morgan fingerprint density at radius 1 is 1.16 bits per heavy atom. The van der Waals surface area contributed by atoms with E-state index >= 15 is 0 Å². The largest absolute Gasteiger partial charge is 0.492 e. The molecule has 31 heavy (non-hydrogen) atoms. The van der Waals surface area contributed by atoms with Crippen molar-refractivity contribution in [3.63, 3.8) is 0 Å². The molecular weight excluding hydrogens is 390 g/mol. The summed E-state index contributed by atoms with van der Waals surface area (Å²) >= 11 is 0. The van der Waals surface area contributed by atoms with E-state index in [1.165, 1.54) is 11.3 Å². The van der Waals surface area contributed by atoms with Crippen LogP contribution in [0.15, 0.2) is 36.5 Å². The number of carbonyl (C=O) groups is 1. The number of likely N-dealkylation sites (N-methyl/N-ethyl adjacent to an activating group) is 3. The Morgan fingerprint density at radius 3 is 2.61 bits per heavy atom. The maximum Gasteiger partial charge on any atom is 0.225 e. The predicted molar refractivity (Wildman–Crippen MR) is 123 cm³/mol. The van der Waals surface area contributed by atoms with Gasteiger partial charge in [-0.3, -0.25) is 9.89 Å². The molecule has 0 unspecified atom stereocenters. The monoisotopic (exact) mass is 427 g/mol. The Hall–Kier alpha value is -2.38. The molecular formula is C24H37N5O2. The minimum Gasteiger partial charge on any atom is -0.492 e. The van der Waals surface area contributed by atoms with E-state index in [9.17, 15) is 4.79 Å². The van der Waals surface area contributed by atoms with E-state index in [1.807, 2.05) is 55.5 Å². The molecule has 1 amide bonds. The van der Waals surface area contributed by atoms with Crippen molar-refractivity contribution in [1.29, 1.82) is 0 Å². The fourth-order valence-electron chi connectivity index (χ4n) is 4.33. The zero-order valence-corrected chi connectivity index (χ0v) is 19.1. The van der Waals surface area contributed by atoms with Gasteiger partial charge >= 0.3 is 0 Å². The molecule has 7 nitrogen and oxygen atoms in total. The normalized spacial score (nSPS) is 18.8. The number of ether oxygens (including phenoxy) is 1. The highest BCUT2D eigenvalue weighted by Gasteiger charge is 2.30. The average Bonchev–Trinajstić information content (AvgIpc) is 3.26. The van der Waals surface area contributed by atoms with Crippen LogP contribution in [-0.4, -0.2) is 73.3 Å². The van der Waals surface area contributed by atoms with E-state index in [0.29, 0.717) is 19.1 Å². The van der Waals surface area contributed by atoms with Gasteiger partial charge in [-0.05, 0) is 51.9 Å². The lowest BCUT2D eigenvalue weighted by Gasteiger charge is -2.30.